The van der Waals surface area contributed by atoms with Crippen LogP contribution in [0.4, 0.5) is 4.39 Å². The largest absolute Gasteiger partial charge is 0.392 e. The minimum absolute atomic E-state index is 0.224. The monoisotopic (exact) mass is 310 g/mol. The molecule has 0 fully saturated rings. The second-order valence-electron chi connectivity index (χ2n) is 4.51. The molecule has 0 aliphatic carbocycles. The maximum absolute atomic E-state index is 13.1. The van der Waals surface area contributed by atoms with Crippen LogP contribution in [0.5, 0.6) is 0 Å². The number of fused-ring (bicyclic) bond motifs is 1. The first-order valence-corrected chi connectivity index (χ1v) is 7.53. The number of nitrogens with one attached hydrogen (secondary N) is 1. The smallest absolute Gasteiger partial charge is 0.261 e. The summed E-state index contributed by atoms with van der Waals surface area (Å²) in [5, 5.41) is 3.67. The number of carbonyl (C=O) groups excluding carboxylic acids is 1. The van der Waals surface area contributed by atoms with Crippen LogP contribution < -0.4 is 11.1 Å². The lowest BCUT2D eigenvalue weighted by atomic mass is 10.1. The van der Waals surface area contributed by atoms with Crippen molar-refractivity contribution in [2.45, 2.75) is 25.8 Å². The number of carbonyl (C=O) groups is 1. The Kier molecular flexibility index (Phi) is 4.67. The molecule has 2 aromatic rings. The zero-order chi connectivity index (χ0) is 14.7. The second kappa shape index (κ2) is 6.28. The quantitative estimate of drug-likeness (QED) is 0.834. The molecule has 1 aromatic carbocycles. The predicted molar refractivity (Wildman–Crippen MR) is 84.7 cm³/mol. The highest BCUT2D eigenvalue weighted by molar-refractivity contribution is 7.80. The number of hydrogen-bond donors (Lipinski definition) is 2. The van der Waals surface area contributed by atoms with Crippen LogP contribution in [0.2, 0.25) is 0 Å². The fraction of sp³-hybridized carbons (Fsp3) is 0.286. The zero-order valence-corrected chi connectivity index (χ0v) is 12.6. The molecule has 0 saturated heterocycles. The molecule has 6 heteroatoms. The first-order chi connectivity index (χ1) is 9.51. The highest BCUT2D eigenvalue weighted by atomic mass is 32.1. The third-order valence-corrected chi connectivity index (χ3v) is 4.31. The van der Waals surface area contributed by atoms with Crippen molar-refractivity contribution >= 4 is 44.5 Å². The van der Waals surface area contributed by atoms with Crippen molar-refractivity contribution in [2.75, 3.05) is 0 Å². The van der Waals surface area contributed by atoms with Crippen molar-refractivity contribution < 1.29 is 9.18 Å². The van der Waals surface area contributed by atoms with Gasteiger partial charge in [0, 0.05) is 4.70 Å². The Morgan fingerprint density at radius 1 is 1.50 bits per heavy atom. The number of amides is 1. The normalized spacial score (nSPS) is 12.3. The fourth-order valence-corrected chi connectivity index (χ4v) is 3.09. The van der Waals surface area contributed by atoms with Crippen LogP contribution in [0.1, 0.15) is 29.4 Å². The van der Waals surface area contributed by atoms with E-state index in [-0.39, 0.29) is 22.8 Å². The van der Waals surface area contributed by atoms with E-state index in [1.165, 1.54) is 23.5 Å². The van der Waals surface area contributed by atoms with Crippen molar-refractivity contribution in [2.24, 2.45) is 5.73 Å². The predicted octanol–water partition coefficient (Wildman–Crippen LogP) is 3.23. The minimum Gasteiger partial charge on any atom is -0.392 e. The van der Waals surface area contributed by atoms with E-state index in [1.807, 2.05) is 6.92 Å². The Labute approximate surface area is 126 Å². The van der Waals surface area contributed by atoms with Gasteiger partial charge in [0.25, 0.3) is 5.91 Å². The van der Waals surface area contributed by atoms with E-state index in [0.29, 0.717) is 11.3 Å². The van der Waals surface area contributed by atoms with Crippen LogP contribution in [-0.2, 0) is 0 Å². The molecule has 1 amide bonds. The summed E-state index contributed by atoms with van der Waals surface area (Å²) in [4.78, 5) is 13.0. The number of rotatable bonds is 5. The molecular formula is C14H15FN2OS2. The van der Waals surface area contributed by atoms with Crippen LogP contribution in [0.3, 0.4) is 0 Å². The fourth-order valence-electron chi connectivity index (χ4n) is 1.92. The summed E-state index contributed by atoms with van der Waals surface area (Å²) in [5.41, 5.74) is 5.61. The summed E-state index contributed by atoms with van der Waals surface area (Å²) in [5.74, 6) is -0.531. The Morgan fingerprint density at radius 2 is 2.25 bits per heavy atom. The van der Waals surface area contributed by atoms with Gasteiger partial charge in [-0.25, -0.2) is 4.39 Å². The van der Waals surface area contributed by atoms with Gasteiger partial charge in [0.05, 0.1) is 15.9 Å². The summed E-state index contributed by atoms with van der Waals surface area (Å²) < 4.78 is 13.9. The Hall–Kier alpha value is -1.53. The van der Waals surface area contributed by atoms with Crippen LogP contribution >= 0.6 is 23.6 Å². The third kappa shape index (κ3) is 3.32. The molecule has 2 rings (SSSR count). The number of thiophene rings is 1. The molecule has 20 heavy (non-hydrogen) atoms. The first-order valence-electron chi connectivity index (χ1n) is 6.30. The average molecular weight is 310 g/mol. The molecule has 0 aliphatic heterocycles. The molecule has 0 radical (unpaired) electrons. The third-order valence-electron chi connectivity index (χ3n) is 2.93. The average Bonchev–Trinajstić information content (AvgIpc) is 2.80. The maximum atomic E-state index is 13.1. The first kappa shape index (κ1) is 14.9. The van der Waals surface area contributed by atoms with E-state index in [4.69, 9.17) is 18.0 Å². The Morgan fingerprint density at radius 3 is 2.90 bits per heavy atom. The van der Waals surface area contributed by atoms with Crippen molar-refractivity contribution in [1.82, 2.24) is 5.32 Å². The number of nitrogens with two attached hydrogens (primary N) is 1. The van der Waals surface area contributed by atoms with Crippen molar-refractivity contribution in [3.63, 3.8) is 0 Å². The molecule has 1 atom stereocenters. The minimum atomic E-state index is -0.307. The van der Waals surface area contributed by atoms with Gasteiger partial charge in [0.15, 0.2) is 0 Å². The lowest BCUT2D eigenvalue weighted by Gasteiger charge is -2.15. The van der Waals surface area contributed by atoms with E-state index in [2.05, 4.69) is 5.32 Å². The molecule has 1 heterocycles. The summed E-state index contributed by atoms with van der Waals surface area (Å²) in [6, 6.07) is 5.91. The molecule has 106 valence electrons. The van der Waals surface area contributed by atoms with Crippen LogP contribution in [-0.4, -0.2) is 16.9 Å². The number of halogens is 1. The van der Waals surface area contributed by atoms with Crippen molar-refractivity contribution in [3.8, 4) is 0 Å². The molecule has 0 aliphatic rings. The molecule has 0 spiro atoms. The SMILES string of the molecule is CCCC(NC(=O)c1cc2ccc(F)cc2s1)C(N)=S. The van der Waals surface area contributed by atoms with Gasteiger partial charge in [0.2, 0.25) is 0 Å². The van der Waals surface area contributed by atoms with Gasteiger partial charge in [-0.3, -0.25) is 4.79 Å². The van der Waals surface area contributed by atoms with Gasteiger partial charge in [0.1, 0.15) is 5.82 Å². The summed E-state index contributed by atoms with van der Waals surface area (Å²) >= 11 is 6.20. The van der Waals surface area contributed by atoms with E-state index >= 15 is 0 Å². The standard InChI is InChI=1S/C14H15FN2OS2/c1-2-3-10(13(16)19)17-14(18)12-6-8-4-5-9(15)7-11(8)20-12/h4-7,10H,2-3H2,1H3,(H2,16,19)(H,17,18). The lowest BCUT2D eigenvalue weighted by molar-refractivity contribution is 0.0950. The van der Waals surface area contributed by atoms with Gasteiger partial charge in [-0.2, -0.15) is 0 Å². The zero-order valence-electron chi connectivity index (χ0n) is 11.0. The van der Waals surface area contributed by atoms with E-state index in [0.717, 1.165) is 16.5 Å². The van der Waals surface area contributed by atoms with Crippen LogP contribution in [0.25, 0.3) is 10.1 Å². The van der Waals surface area contributed by atoms with E-state index < -0.39 is 0 Å². The number of hydrogen-bond acceptors (Lipinski definition) is 3. The number of benzene rings is 1. The van der Waals surface area contributed by atoms with E-state index in [9.17, 15) is 9.18 Å². The van der Waals surface area contributed by atoms with Gasteiger partial charge in [-0.1, -0.05) is 31.6 Å². The molecule has 1 aromatic heterocycles. The molecule has 1 unspecified atom stereocenters. The second-order valence-corrected chi connectivity index (χ2v) is 6.07. The van der Waals surface area contributed by atoms with Crippen LogP contribution in [0, 0.1) is 5.82 Å². The lowest BCUT2D eigenvalue weighted by Crippen LogP contribution is -2.43. The molecule has 3 nitrogen and oxygen atoms in total. The van der Waals surface area contributed by atoms with E-state index in [1.54, 1.807) is 12.1 Å². The molecule has 3 N–H and O–H groups in total. The summed E-state index contributed by atoms with van der Waals surface area (Å²) in [7, 11) is 0. The Balaban J connectivity index is 2.20. The van der Waals surface area contributed by atoms with Gasteiger partial charge >= 0.3 is 0 Å². The molecule has 0 bridgehead atoms. The highest BCUT2D eigenvalue weighted by Crippen LogP contribution is 2.26. The van der Waals surface area contributed by atoms with Crippen molar-refractivity contribution in [3.05, 3.63) is 35.0 Å². The topological polar surface area (TPSA) is 55.1 Å². The Bertz CT molecular complexity index is 654. The molecule has 0 saturated carbocycles. The molecular weight excluding hydrogens is 295 g/mol. The number of thiocarbonyl (C=S) groups is 1. The summed E-state index contributed by atoms with van der Waals surface area (Å²) in [6.07, 6.45) is 1.58. The highest BCUT2D eigenvalue weighted by Gasteiger charge is 2.17. The van der Waals surface area contributed by atoms with Gasteiger partial charge in [-0.15, -0.1) is 11.3 Å². The maximum Gasteiger partial charge on any atom is 0.261 e. The van der Waals surface area contributed by atoms with Gasteiger partial charge < -0.3 is 11.1 Å². The summed E-state index contributed by atoms with van der Waals surface area (Å²) in [6.45, 7) is 2.00. The van der Waals surface area contributed by atoms with Gasteiger partial charge in [-0.05, 0) is 30.0 Å². The van der Waals surface area contributed by atoms with Crippen molar-refractivity contribution in [1.29, 1.82) is 0 Å². The van der Waals surface area contributed by atoms with Crippen LogP contribution in [0.15, 0.2) is 24.3 Å².